The van der Waals surface area contributed by atoms with Gasteiger partial charge in [-0.15, -0.1) is 0 Å². The molecule has 0 amide bonds. The minimum atomic E-state index is -5.16. The molecule has 0 saturated carbocycles. The van der Waals surface area contributed by atoms with Gasteiger partial charge in [-0.2, -0.15) is 13.2 Å². The molecular weight excluding hydrogens is 245 g/mol. The number of aromatic amines is 1. The third-order valence-corrected chi connectivity index (χ3v) is 1.85. The molecule has 0 aliphatic rings. The third kappa shape index (κ3) is 2.28. The maximum absolute atomic E-state index is 12.2. The summed E-state index contributed by atoms with van der Waals surface area (Å²) in [7, 11) is 0. The normalized spacial score (nSPS) is 12.2. The highest BCUT2D eigenvalue weighted by Gasteiger charge is 2.39. The summed E-state index contributed by atoms with van der Waals surface area (Å²) in [5, 5.41) is -0.785. The molecule has 0 radical (unpaired) electrons. The molecule has 0 unspecified atom stereocenters. The second-order valence-corrected chi connectivity index (χ2v) is 2.96. The van der Waals surface area contributed by atoms with E-state index in [1.165, 1.54) is 0 Å². The first-order valence-electron chi connectivity index (χ1n) is 3.51. The lowest BCUT2D eigenvalue weighted by atomic mass is 10.2. The van der Waals surface area contributed by atoms with Crippen LogP contribution in [-0.2, 0) is 6.18 Å². The predicted octanol–water partition coefficient (Wildman–Crippen LogP) is 2.98. The number of pyridine rings is 1. The lowest BCUT2D eigenvalue weighted by Crippen LogP contribution is -2.23. The maximum Gasteiger partial charge on any atom is 0.422 e. The Morgan fingerprint density at radius 3 is 2.27 bits per heavy atom. The smallest absolute Gasteiger partial charge is 0.358 e. The van der Waals surface area contributed by atoms with Crippen molar-refractivity contribution in [3.8, 4) is 0 Å². The zero-order chi connectivity index (χ0) is 11.8. The zero-order valence-electron chi connectivity index (χ0n) is 6.83. The second kappa shape index (κ2) is 3.80. The lowest BCUT2D eigenvalue weighted by Gasteiger charge is -2.11. The van der Waals surface area contributed by atoms with Crippen LogP contribution in [0.3, 0.4) is 0 Å². The van der Waals surface area contributed by atoms with Crippen LogP contribution in [0.1, 0.15) is 17.7 Å². The SMILES string of the molecule is O=c1c(Cl)c[nH]c(C(F)F)c1C(F)(F)F. The molecule has 8 heteroatoms. The lowest BCUT2D eigenvalue weighted by molar-refractivity contribution is -0.140. The van der Waals surface area contributed by atoms with Crippen LogP contribution >= 0.6 is 11.6 Å². The second-order valence-electron chi connectivity index (χ2n) is 2.55. The number of nitrogens with one attached hydrogen (secondary N) is 1. The molecule has 0 spiro atoms. The van der Waals surface area contributed by atoms with Crippen molar-refractivity contribution in [1.29, 1.82) is 0 Å². The van der Waals surface area contributed by atoms with Gasteiger partial charge in [0.1, 0.15) is 10.6 Å². The van der Waals surface area contributed by atoms with Crippen molar-refractivity contribution in [3.05, 3.63) is 32.7 Å². The summed E-state index contributed by atoms with van der Waals surface area (Å²) >= 11 is 5.11. The molecule has 0 aromatic carbocycles. The highest BCUT2D eigenvalue weighted by molar-refractivity contribution is 6.30. The first kappa shape index (κ1) is 12.0. The Morgan fingerprint density at radius 2 is 1.87 bits per heavy atom. The Labute approximate surface area is 84.7 Å². The van der Waals surface area contributed by atoms with Gasteiger partial charge < -0.3 is 4.98 Å². The molecule has 0 aliphatic heterocycles. The standard InChI is InChI=1S/C7H3ClF5NO/c8-2-1-14-4(6(9)10)3(5(2)15)7(11,12)13/h1,6H,(H,14,15). The van der Waals surface area contributed by atoms with Gasteiger partial charge in [-0.3, -0.25) is 4.79 Å². The molecule has 15 heavy (non-hydrogen) atoms. The van der Waals surface area contributed by atoms with Crippen molar-refractivity contribution in [3.63, 3.8) is 0 Å². The topological polar surface area (TPSA) is 32.9 Å². The molecule has 0 aliphatic carbocycles. The third-order valence-electron chi connectivity index (χ3n) is 1.57. The highest BCUT2D eigenvalue weighted by Crippen LogP contribution is 2.33. The fourth-order valence-electron chi connectivity index (χ4n) is 0.974. The fraction of sp³-hybridized carbons (Fsp3) is 0.286. The van der Waals surface area contributed by atoms with Crippen LogP contribution in [-0.4, -0.2) is 4.98 Å². The fourth-order valence-corrected chi connectivity index (χ4v) is 1.12. The molecule has 1 rings (SSSR count). The number of alkyl halides is 5. The van der Waals surface area contributed by atoms with E-state index in [9.17, 15) is 26.7 Å². The predicted molar refractivity (Wildman–Crippen MR) is 42.0 cm³/mol. The van der Waals surface area contributed by atoms with Crippen molar-refractivity contribution < 1.29 is 22.0 Å². The van der Waals surface area contributed by atoms with Crippen molar-refractivity contribution >= 4 is 11.6 Å². The van der Waals surface area contributed by atoms with Gasteiger partial charge in [0.05, 0.1) is 5.69 Å². The Kier molecular flexibility index (Phi) is 3.03. The summed E-state index contributed by atoms with van der Waals surface area (Å²) in [5.74, 6) is 0. The molecule has 2 nitrogen and oxygen atoms in total. The minimum absolute atomic E-state index is 0.598. The van der Waals surface area contributed by atoms with E-state index in [2.05, 4.69) is 0 Å². The molecule has 0 atom stereocenters. The van der Waals surface area contributed by atoms with Gasteiger partial charge in [0, 0.05) is 6.20 Å². The number of hydrogen-bond acceptors (Lipinski definition) is 1. The van der Waals surface area contributed by atoms with Crippen molar-refractivity contribution in [2.24, 2.45) is 0 Å². The van der Waals surface area contributed by atoms with E-state index in [1.54, 1.807) is 4.98 Å². The van der Waals surface area contributed by atoms with E-state index in [-0.39, 0.29) is 0 Å². The average molecular weight is 248 g/mol. The number of aromatic nitrogens is 1. The van der Waals surface area contributed by atoms with Crippen molar-refractivity contribution in [1.82, 2.24) is 4.98 Å². The molecule has 1 heterocycles. The summed E-state index contributed by atoms with van der Waals surface area (Å²) < 4.78 is 61.0. The van der Waals surface area contributed by atoms with Crippen molar-refractivity contribution in [2.75, 3.05) is 0 Å². The monoisotopic (exact) mass is 247 g/mol. The summed E-state index contributed by atoms with van der Waals surface area (Å²) in [5.41, 5.74) is -5.08. The molecule has 1 N–H and O–H groups in total. The first-order chi connectivity index (χ1) is 6.75. The van der Waals surface area contributed by atoms with E-state index in [1.807, 2.05) is 0 Å². The molecule has 0 fully saturated rings. The number of H-pyrrole nitrogens is 1. The van der Waals surface area contributed by atoms with Gasteiger partial charge in [0.25, 0.3) is 6.43 Å². The Balaban J connectivity index is 3.57. The highest BCUT2D eigenvalue weighted by atomic mass is 35.5. The van der Waals surface area contributed by atoms with E-state index in [0.29, 0.717) is 6.20 Å². The van der Waals surface area contributed by atoms with Crippen molar-refractivity contribution in [2.45, 2.75) is 12.6 Å². The first-order valence-corrected chi connectivity index (χ1v) is 3.89. The molecule has 1 aromatic rings. The summed E-state index contributed by atoms with van der Waals surface area (Å²) in [4.78, 5) is 12.6. The summed E-state index contributed by atoms with van der Waals surface area (Å²) in [6, 6.07) is 0. The van der Waals surface area contributed by atoms with Crippen LogP contribution in [0.4, 0.5) is 22.0 Å². The molecule has 0 bridgehead atoms. The van der Waals surface area contributed by atoms with E-state index in [0.717, 1.165) is 0 Å². The van der Waals surface area contributed by atoms with Gasteiger partial charge in [-0.05, 0) is 0 Å². The Bertz CT molecular complexity index is 424. The number of halogens is 6. The molecule has 0 saturated heterocycles. The van der Waals surface area contributed by atoms with Gasteiger partial charge in [-0.1, -0.05) is 11.6 Å². The molecule has 1 aromatic heterocycles. The van der Waals surface area contributed by atoms with Gasteiger partial charge in [-0.25, -0.2) is 8.78 Å². The Hall–Kier alpha value is -1.11. The van der Waals surface area contributed by atoms with Crippen LogP contribution in [0.15, 0.2) is 11.0 Å². The largest absolute Gasteiger partial charge is 0.422 e. The van der Waals surface area contributed by atoms with Crippen LogP contribution in [0.25, 0.3) is 0 Å². The maximum atomic E-state index is 12.2. The van der Waals surface area contributed by atoms with Gasteiger partial charge >= 0.3 is 6.18 Å². The van der Waals surface area contributed by atoms with Crippen LogP contribution < -0.4 is 5.43 Å². The Morgan fingerprint density at radius 1 is 1.33 bits per heavy atom. The van der Waals surface area contributed by atoms with Crippen LogP contribution in [0.2, 0.25) is 5.02 Å². The quantitative estimate of drug-likeness (QED) is 0.761. The van der Waals surface area contributed by atoms with Crippen LogP contribution in [0.5, 0.6) is 0 Å². The zero-order valence-corrected chi connectivity index (χ0v) is 7.59. The van der Waals surface area contributed by atoms with E-state index in [4.69, 9.17) is 11.6 Å². The van der Waals surface area contributed by atoms with Gasteiger partial charge in [0.15, 0.2) is 0 Å². The minimum Gasteiger partial charge on any atom is -0.358 e. The number of hydrogen-bond donors (Lipinski definition) is 1. The average Bonchev–Trinajstić information content (AvgIpc) is 2.06. The summed E-state index contributed by atoms with van der Waals surface area (Å²) in [6.07, 6.45) is -7.99. The number of rotatable bonds is 1. The van der Waals surface area contributed by atoms with E-state index < -0.39 is 34.3 Å². The molecule has 84 valence electrons. The van der Waals surface area contributed by atoms with Gasteiger partial charge in [0.2, 0.25) is 5.43 Å². The van der Waals surface area contributed by atoms with E-state index >= 15 is 0 Å². The van der Waals surface area contributed by atoms with Crippen LogP contribution in [0, 0.1) is 0 Å². The summed E-state index contributed by atoms with van der Waals surface area (Å²) in [6.45, 7) is 0. The molecular formula is C7H3ClF5NO.